The zero-order valence-electron chi connectivity index (χ0n) is 15.8. The first-order chi connectivity index (χ1) is 14.5. The fourth-order valence-electron chi connectivity index (χ4n) is 3.11. The van der Waals surface area contributed by atoms with E-state index >= 15 is 0 Å². The van der Waals surface area contributed by atoms with Crippen LogP contribution in [-0.4, -0.2) is 27.3 Å². The number of hydrogen-bond donors (Lipinski definition) is 2. The molecule has 2 N–H and O–H groups in total. The molecule has 4 aromatic rings. The van der Waals surface area contributed by atoms with Crippen molar-refractivity contribution < 1.29 is 14.3 Å². The van der Waals surface area contributed by atoms with Crippen molar-refractivity contribution >= 4 is 16.7 Å². The van der Waals surface area contributed by atoms with E-state index in [1.54, 1.807) is 0 Å². The molecule has 4 rings (SSSR count). The summed E-state index contributed by atoms with van der Waals surface area (Å²) in [4.78, 5) is 24.6. The number of carbonyl (C=O) groups excluding carboxylic acids is 1. The van der Waals surface area contributed by atoms with Crippen LogP contribution in [0.25, 0.3) is 16.5 Å². The van der Waals surface area contributed by atoms with Gasteiger partial charge in [0, 0.05) is 12.6 Å². The van der Waals surface area contributed by atoms with Crippen LogP contribution in [0, 0.1) is 5.82 Å². The SMILES string of the molecule is O=C(NC[C@H](O)c1ccc2ccccc2c1)c1ccc(=O)n(-c2ccc(F)cc2)n1. The zero-order valence-corrected chi connectivity index (χ0v) is 15.8. The van der Waals surface area contributed by atoms with Gasteiger partial charge in [0.15, 0.2) is 0 Å². The molecule has 0 radical (unpaired) electrons. The Kier molecular flexibility index (Phi) is 5.36. The van der Waals surface area contributed by atoms with Crippen molar-refractivity contribution in [1.29, 1.82) is 0 Å². The molecule has 0 saturated carbocycles. The predicted molar refractivity (Wildman–Crippen MR) is 111 cm³/mol. The molecule has 1 aromatic heterocycles. The van der Waals surface area contributed by atoms with Gasteiger partial charge in [-0.15, -0.1) is 0 Å². The Morgan fingerprint density at radius 1 is 1.00 bits per heavy atom. The van der Waals surface area contributed by atoms with Gasteiger partial charge in [0.05, 0.1) is 11.8 Å². The van der Waals surface area contributed by atoms with Gasteiger partial charge in [0.1, 0.15) is 11.5 Å². The zero-order chi connectivity index (χ0) is 21.1. The topological polar surface area (TPSA) is 84.2 Å². The number of carbonyl (C=O) groups is 1. The number of rotatable bonds is 5. The summed E-state index contributed by atoms with van der Waals surface area (Å²) in [6.07, 6.45) is -0.901. The molecular formula is C23H18FN3O3. The van der Waals surface area contributed by atoms with Gasteiger partial charge >= 0.3 is 0 Å². The van der Waals surface area contributed by atoms with Crippen LogP contribution in [0.15, 0.2) is 83.7 Å². The number of hydrogen-bond acceptors (Lipinski definition) is 4. The van der Waals surface area contributed by atoms with Gasteiger partial charge in [0.2, 0.25) is 0 Å². The smallest absolute Gasteiger partial charge is 0.271 e. The molecule has 1 atom stereocenters. The van der Waals surface area contributed by atoms with Gasteiger partial charge in [-0.2, -0.15) is 9.78 Å². The van der Waals surface area contributed by atoms with Crippen LogP contribution in [-0.2, 0) is 0 Å². The predicted octanol–water partition coefficient (Wildman–Crippen LogP) is 2.99. The molecule has 0 fully saturated rings. The Hall–Kier alpha value is -3.84. The van der Waals surface area contributed by atoms with E-state index in [1.807, 2.05) is 42.5 Å². The highest BCUT2D eigenvalue weighted by atomic mass is 19.1. The normalized spacial score (nSPS) is 11.9. The average molecular weight is 403 g/mol. The van der Waals surface area contributed by atoms with E-state index in [4.69, 9.17) is 0 Å². The van der Waals surface area contributed by atoms with Gasteiger partial charge < -0.3 is 10.4 Å². The van der Waals surface area contributed by atoms with Gasteiger partial charge in [0.25, 0.3) is 11.5 Å². The lowest BCUT2D eigenvalue weighted by atomic mass is 10.0. The van der Waals surface area contributed by atoms with E-state index in [-0.39, 0.29) is 12.2 Å². The Labute approximate surface area is 171 Å². The second kappa shape index (κ2) is 8.26. The van der Waals surface area contributed by atoms with Crippen LogP contribution in [0.5, 0.6) is 0 Å². The second-order valence-corrected chi connectivity index (χ2v) is 6.78. The first-order valence-electron chi connectivity index (χ1n) is 9.32. The Morgan fingerprint density at radius 3 is 2.50 bits per heavy atom. The summed E-state index contributed by atoms with van der Waals surface area (Å²) in [5.74, 6) is -0.978. The quantitative estimate of drug-likeness (QED) is 0.537. The third-order valence-corrected chi connectivity index (χ3v) is 4.72. The van der Waals surface area contributed by atoms with E-state index in [0.717, 1.165) is 15.5 Å². The molecule has 0 spiro atoms. The lowest BCUT2D eigenvalue weighted by Gasteiger charge is -2.13. The third-order valence-electron chi connectivity index (χ3n) is 4.72. The molecule has 0 unspecified atom stereocenters. The highest BCUT2D eigenvalue weighted by molar-refractivity contribution is 5.92. The molecule has 0 bridgehead atoms. The molecule has 0 aliphatic heterocycles. The van der Waals surface area contributed by atoms with Crippen molar-refractivity contribution in [2.75, 3.05) is 6.54 Å². The fraction of sp³-hybridized carbons (Fsp3) is 0.0870. The maximum atomic E-state index is 13.1. The Bertz CT molecular complexity index is 1270. The van der Waals surface area contributed by atoms with Crippen molar-refractivity contribution in [2.24, 2.45) is 0 Å². The minimum absolute atomic E-state index is 0.00429. The number of aromatic nitrogens is 2. The molecule has 30 heavy (non-hydrogen) atoms. The monoisotopic (exact) mass is 403 g/mol. The van der Waals surface area contributed by atoms with Crippen molar-refractivity contribution in [3.8, 4) is 5.69 Å². The summed E-state index contributed by atoms with van der Waals surface area (Å²) in [5.41, 5.74) is 0.574. The van der Waals surface area contributed by atoms with Gasteiger partial charge in [-0.1, -0.05) is 36.4 Å². The summed E-state index contributed by atoms with van der Waals surface area (Å²) in [6.45, 7) is -0.0193. The third kappa shape index (κ3) is 4.11. The molecule has 1 amide bonds. The molecular weight excluding hydrogens is 385 g/mol. The van der Waals surface area contributed by atoms with Crippen LogP contribution >= 0.6 is 0 Å². The number of aliphatic hydroxyl groups is 1. The van der Waals surface area contributed by atoms with Crippen molar-refractivity contribution in [2.45, 2.75) is 6.10 Å². The largest absolute Gasteiger partial charge is 0.387 e. The van der Waals surface area contributed by atoms with Gasteiger partial charge in [-0.3, -0.25) is 9.59 Å². The van der Waals surface area contributed by atoms with E-state index in [2.05, 4.69) is 10.4 Å². The van der Waals surface area contributed by atoms with E-state index < -0.39 is 23.4 Å². The second-order valence-electron chi connectivity index (χ2n) is 6.78. The molecule has 150 valence electrons. The maximum Gasteiger partial charge on any atom is 0.271 e. The minimum atomic E-state index is -0.901. The summed E-state index contributed by atoms with van der Waals surface area (Å²) < 4.78 is 14.1. The van der Waals surface area contributed by atoms with Gasteiger partial charge in [-0.25, -0.2) is 4.39 Å². The molecule has 1 heterocycles. The maximum absolute atomic E-state index is 13.1. The van der Waals surface area contributed by atoms with E-state index in [9.17, 15) is 19.1 Å². The summed E-state index contributed by atoms with van der Waals surface area (Å²) >= 11 is 0. The Morgan fingerprint density at radius 2 is 1.73 bits per heavy atom. The van der Waals surface area contributed by atoms with Crippen LogP contribution in [0.4, 0.5) is 4.39 Å². The lowest BCUT2D eigenvalue weighted by molar-refractivity contribution is 0.0909. The molecule has 0 aliphatic rings. The van der Waals surface area contributed by atoms with Crippen LogP contribution in [0.2, 0.25) is 0 Å². The van der Waals surface area contributed by atoms with E-state index in [1.165, 1.54) is 36.4 Å². The Balaban J connectivity index is 1.48. The van der Waals surface area contributed by atoms with E-state index in [0.29, 0.717) is 11.3 Å². The summed E-state index contributed by atoms with van der Waals surface area (Å²) in [7, 11) is 0. The summed E-state index contributed by atoms with van der Waals surface area (Å²) in [6, 6.07) is 21.1. The molecule has 7 heteroatoms. The first kappa shape index (κ1) is 19.5. The fourth-order valence-corrected chi connectivity index (χ4v) is 3.11. The van der Waals surface area contributed by atoms with Crippen molar-refractivity contribution in [3.63, 3.8) is 0 Å². The van der Waals surface area contributed by atoms with Crippen molar-refractivity contribution in [1.82, 2.24) is 15.1 Å². The number of nitrogens with one attached hydrogen (secondary N) is 1. The number of benzene rings is 3. The van der Waals surface area contributed by atoms with Crippen LogP contribution < -0.4 is 10.9 Å². The molecule has 3 aromatic carbocycles. The van der Waals surface area contributed by atoms with Gasteiger partial charge in [-0.05, 0) is 52.7 Å². The van der Waals surface area contributed by atoms with Crippen molar-refractivity contribution in [3.05, 3.63) is 106 Å². The number of aliphatic hydroxyl groups excluding tert-OH is 1. The number of halogens is 1. The van der Waals surface area contributed by atoms with Crippen LogP contribution in [0.3, 0.4) is 0 Å². The summed E-state index contributed by atoms with van der Waals surface area (Å²) in [5, 5.41) is 19.2. The standard InChI is InChI=1S/C23H18FN3O3/c24-18-7-9-19(10-8-18)27-22(29)12-11-20(26-27)23(30)25-14-21(28)17-6-5-15-3-1-2-4-16(15)13-17/h1-13,21,28H,14H2,(H,25,30)/t21-/m0/s1. The average Bonchev–Trinajstić information content (AvgIpc) is 2.78. The number of nitrogens with zero attached hydrogens (tertiary/aromatic N) is 2. The minimum Gasteiger partial charge on any atom is -0.387 e. The lowest BCUT2D eigenvalue weighted by Crippen LogP contribution is -2.31. The number of fused-ring (bicyclic) bond motifs is 1. The highest BCUT2D eigenvalue weighted by Gasteiger charge is 2.14. The molecule has 0 saturated heterocycles. The van der Waals surface area contributed by atoms with Crippen LogP contribution in [0.1, 0.15) is 22.2 Å². The number of amides is 1. The first-order valence-corrected chi connectivity index (χ1v) is 9.32. The molecule has 6 nitrogen and oxygen atoms in total. The highest BCUT2D eigenvalue weighted by Crippen LogP contribution is 2.20. The molecule has 0 aliphatic carbocycles.